The van der Waals surface area contributed by atoms with Gasteiger partial charge in [0.1, 0.15) is 18.3 Å². The second kappa shape index (κ2) is 6.60. The van der Waals surface area contributed by atoms with E-state index in [0.717, 1.165) is 12.3 Å². The molecule has 2 nitrogen and oxygen atoms in total. The summed E-state index contributed by atoms with van der Waals surface area (Å²) in [6, 6.07) is 16.9. The summed E-state index contributed by atoms with van der Waals surface area (Å²) in [5.41, 5.74) is 2.54. The van der Waals surface area contributed by atoms with Gasteiger partial charge in [-0.3, -0.25) is 0 Å². The fraction of sp³-hybridized carbons (Fsp3) is 0.250. The molecule has 0 spiro atoms. The molecule has 0 unspecified atom stereocenters. The van der Waals surface area contributed by atoms with Crippen molar-refractivity contribution in [3.05, 3.63) is 64.7 Å². The van der Waals surface area contributed by atoms with Crippen LogP contribution in [0, 0.1) is 0 Å². The molecule has 3 heteroatoms. The number of nitrogens with two attached hydrogens (primary N) is 1. The van der Waals surface area contributed by atoms with Crippen molar-refractivity contribution in [3.8, 4) is 5.75 Å². The first-order valence-corrected chi connectivity index (χ1v) is 6.79. The van der Waals surface area contributed by atoms with Gasteiger partial charge in [-0.05, 0) is 25.1 Å². The molecule has 1 atom stereocenters. The Morgan fingerprint density at radius 1 is 1.16 bits per heavy atom. The highest BCUT2D eigenvalue weighted by atomic mass is 35.5. The van der Waals surface area contributed by atoms with Crippen LogP contribution < -0.4 is 10.1 Å². The quantitative estimate of drug-likeness (QED) is 0.892. The maximum absolute atomic E-state index is 6.12. The molecule has 19 heavy (non-hydrogen) atoms. The Labute approximate surface area is 119 Å². The Kier molecular flexibility index (Phi) is 4.83. The third kappa shape index (κ3) is 3.72. The normalized spacial score (nSPS) is 12.2. The fourth-order valence-corrected chi connectivity index (χ4v) is 2.32. The first-order valence-electron chi connectivity index (χ1n) is 6.41. The van der Waals surface area contributed by atoms with Gasteiger partial charge in [-0.1, -0.05) is 41.9 Å². The van der Waals surface area contributed by atoms with Crippen LogP contribution in [0.25, 0.3) is 0 Å². The minimum absolute atomic E-state index is 0.432. The number of rotatable bonds is 5. The van der Waals surface area contributed by atoms with Gasteiger partial charge in [0.2, 0.25) is 0 Å². The van der Waals surface area contributed by atoms with Crippen LogP contribution in [0.4, 0.5) is 0 Å². The topological polar surface area (TPSA) is 25.8 Å². The number of halogens is 1. The van der Waals surface area contributed by atoms with E-state index in [1.807, 2.05) is 18.2 Å². The van der Waals surface area contributed by atoms with Crippen LogP contribution in [0.3, 0.4) is 0 Å². The summed E-state index contributed by atoms with van der Waals surface area (Å²) in [5.74, 6) is 0.724. The van der Waals surface area contributed by atoms with Crippen molar-refractivity contribution in [3.63, 3.8) is 0 Å². The molecule has 0 heterocycles. The van der Waals surface area contributed by atoms with Crippen LogP contribution in [0.2, 0.25) is 5.02 Å². The van der Waals surface area contributed by atoms with Crippen molar-refractivity contribution in [1.82, 2.24) is 0 Å². The van der Waals surface area contributed by atoms with Crippen LogP contribution in [0.5, 0.6) is 5.75 Å². The molecular formula is C16H19ClNO+. The van der Waals surface area contributed by atoms with Gasteiger partial charge >= 0.3 is 0 Å². The van der Waals surface area contributed by atoms with Gasteiger partial charge in [-0.15, -0.1) is 0 Å². The smallest absolute Gasteiger partial charge is 0.137 e. The number of quaternary nitrogens is 1. The van der Waals surface area contributed by atoms with E-state index in [2.05, 4.69) is 42.6 Å². The Morgan fingerprint density at radius 2 is 1.89 bits per heavy atom. The van der Waals surface area contributed by atoms with Crippen LogP contribution in [0.1, 0.15) is 24.1 Å². The van der Waals surface area contributed by atoms with Gasteiger partial charge < -0.3 is 10.1 Å². The minimum Gasteiger partial charge on any atom is -0.495 e. The summed E-state index contributed by atoms with van der Waals surface area (Å²) in [6.07, 6.45) is 0. The van der Waals surface area contributed by atoms with Crippen LogP contribution in [-0.2, 0) is 6.54 Å². The van der Waals surface area contributed by atoms with E-state index in [9.17, 15) is 0 Å². The summed E-state index contributed by atoms with van der Waals surface area (Å²) < 4.78 is 5.15. The standard InChI is InChI=1S/C16H18ClNO/c1-12(14-6-4-3-5-7-14)18-11-13-8-9-16(19-2)15(17)10-13/h3-10,12,18H,11H2,1-2H3/p+1/t12-/m1/s1. The molecule has 0 saturated heterocycles. The zero-order valence-corrected chi connectivity index (χ0v) is 12.0. The summed E-state index contributed by atoms with van der Waals surface area (Å²) in [7, 11) is 1.63. The maximum Gasteiger partial charge on any atom is 0.137 e. The van der Waals surface area contributed by atoms with Crippen LogP contribution in [0.15, 0.2) is 48.5 Å². The Bertz CT molecular complexity index is 528. The lowest BCUT2D eigenvalue weighted by Gasteiger charge is -2.11. The number of hydrogen-bond donors (Lipinski definition) is 1. The molecule has 2 aromatic rings. The maximum atomic E-state index is 6.12. The van der Waals surface area contributed by atoms with Crippen molar-refractivity contribution in [1.29, 1.82) is 0 Å². The van der Waals surface area contributed by atoms with Gasteiger partial charge in [-0.2, -0.15) is 0 Å². The third-order valence-electron chi connectivity index (χ3n) is 3.25. The average Bonchev–Trinajstić information content (AvgIpc) is 2.46. The largest absolute Gasteiger partial charge is 0.495 e. The molecule has 2 rings (SSSR count). The molecule has 100 valence electrons. The highest BCUT2D eigenvalue weighted by Crippen LogP contribution is 2.24. The molecule has 0 aliphatic heterocycles. The van der Waals surface area contributed by atoms with Crippen LogP contribution >= 0.6 is 11.6 Å². The van der Waals surface area contributed by atoms with E-state index in [1.54, 1.807) is 7.11 Å². The van der Waals surface area contributed by atoms with Crippen molar-refractivity contribution in [2.45, 2.75) is 19.5 Å². The van der Waals surface area contributed by atoms with E-state index in [-0.39, 0.29) is 0 Å². The van der Waals surface area contributed by atoms with Gasteiger partial charge in [0.25, 0.3) is 0 Å². The molecule has 0 radical (unpaired) electrons. The zero-order valence-electron chi connectivity index (χ0n) is 11.3. The molecule has 0 aliphatic carbocycles. The summed E-state index contributed by atoms with van der Waals surface area (Å²) in [5, 5.41) is 2.97. The number of ether oxygens (including phenoxy) is 1. The first-order chi connectivity index (χ1) is 9.20. The van der Waals surface area contributed by atoms with Gasteiger partial charge in [-0.25, -0.2) is 0 Å². The Morgan fingerprint density at radius 3 is 2.53 bits per heavy atom. The van der Waals surface area contributed by atoms with E-state index in [1.165, 1.54) is 11.1 Å². The third-order valence-corrected chi connectivity index (χ3v) is 3.54. The zero-order chi connectivity index (χ0) is 13.7. The Balaban J connectivity index is 1.97. The highest BCUT2D eigenvalue weighted by Gasteiger charge is 2.09. The number of benzene rings is 2. The molecule has 0 aromatic heterocycles. The highest BCUT2D eigenvalue weighted by molar-refractivity contribution is 6.32. The Hall–Kier alpha value is -1.51. The van der Waals surface area contributed by atoms with E-state index < -0.39 is 0 Å². The van der Waals surface area contributed by atoms with Crippen molar-refractivity contribution in [2.24, 2.45) is 0 Å². The SMILES string of the molecule is COc1ccc(C[NH2+][C@H](C)c2ccccc2)cc1Cl. The summed E-state index contributed by atoms with van der Waals surface area (Å²) >= 11 is 6.12. The van der Waals surface area contributed by atoms with E-state index in [4.69, 9.17) is 16.3 Å². The molecule has 0 saturated carbocycles. The van der Waals surface area contributed by atoms with Crippen molar-refractivity contribution in [2.75, 3.05) is 7.11 Å². The van der Waals surface area contributed by atoms with Crippen molar-refractivity contribution < 1.29 is 10.1 Å². The molecular weight excluding hydrogens is 258 g/mol. The lowest BCUT2D eigenvalue weighted by Crippen LogP contribution is -2.83. The van der Waals surface area contributed by atoms with Gasteiger partial charge in [0.05, 0.1) is 12.1 Å². The predicted molar refractivity (Wildman–Crippen MR) is 78.5 cm³/mol. The van der Waals surface area contributed by atoms with Crippen molar-refractivity contribution >= 4 is 11.6 Å². The molecule has 0 fully saturated rings. The molecule has 0 aliphatic rings. The van der Waals surface area contributed by atoms with Crippen LogP contribution in [-0.4, -0.2) is 7.11 Å². The second-order valence-electron chi connectivity index (χ2n) is 4.61. The average molecular weight is 277 g/mol. The molecule has 2 N–H and O–H groups in total. The lowest BCUT2D eigenvalue weighted by molar-refractivity contribution is -0.707. The lowest BCUT2D eigenvalue weighted by atomic mass is 10.1. The number of hydrogen-bond acceptors (Lipinski definition) is 1. The molecule has 0 amide bonds. The molecule has 0 bridgehead atoms. The summed E-state index contributed by atoms with van der Waals surface area (Å²) in [6.45, 7) is 3.11. The monoisotopic (exact) mass is 276 g/mol. The van der Waals surface area contributed by atoms with E-state index in [0.29, 0.717) is 11.1 Å². The first kappa shape index (κ1) is 13.9. The minimum atomic E-state index is 0.432. The summed E-state index contributed by atoms with van der Waals surface area (Å²) in [4.78, 5) is 0. The van der Waals surface area contributed by atoms with Gasteiger partial charge in [0.15, 0.2) is 0 Å². The number of methoxy groups -OCH3 is 1. The molecule has 2 aromatic carbocycles. The predicted octanol–water partition coefficient (Wildman–Crippen LogP) is 3.17. The van der Waals surface area contributed by atoms with E-state index >= 15 is 0 Å². The fourth-order valence-electron chi connectivity index (χ4n) is 2.04. The van der Waals surface area contributed by atoms with Gasteiger partial charge in [0, 0.05) is 11.1 Å². The second-order valence-corrected chi connectivity index (χ2v) is 5.02.